The number of benzene rings is 1. The van der Waals surface area contributed by atoms with Crippen molar-refractivity contribution in [1.29, 1.82) is 0 Å². The molecule has 1 aliphatic rings. The Balaban J connectivity index is 1.51. The summed E-state index contributed by atoms with van der Waals surface area (Å²) in [4.78, 5) is 19.3. The molecule has 1 saturated heterocycles. The van der Waals surface area contributed by atoms with E-state index in [1.165, 1.54) is 12.1 Å². The van der Waals surface area contributed by atoms with E-state index in [-0.39, 0.29) is 5.82 Å². The summed E-state index contributed by atoms with van der Waals surface area (Å²) in [6, 6.07) is 4.69. The van der Waals surface area contributed by atoms with Crippen molar-refractivity contribution in [2.24, 2.45) is 0 Å². The third-order valence-electron chi connectivity index (χ3n) is 4.69. The van der Waals surface area contributed by atoms with Crippen LogP contribution in [-0.4, -0.2) is 33.0 Å². The van der Waals surface area contributed by atoms with Crippen LogP contribution in [0, 0.1) is 19.7 Å². The van der Waals surface area contributed by atoms with Crippen molar-refractivity contribution in [3.8, 4) is 0 Å². The molecule has 1 aliphatic heterocycles. The predicted octanol–water partition coefficient (Wildman–Crippen LogP) is 3.49. The average molecular weight is 325 g/mol. The molecule has 0 atom stereocenters. The van der Waals surface area contributed by atoms with Gasteiger partial charge in [-0.15, -0.1) is 0 Å². The van der Waals surface area contributed by atoms with Crippen LogP contribution >= 0.6 is 0 Å². The van der Waals surface area contributed by atoms with E-state index >= 15 is 0 Å². The van der Waals surface area contributed by atoms with E-state index in [1.807, 2.05) is 13.8 Å². The molecule has 124 valence electrons. The maximum Gasteiger partial charge on any atom is 0.150 e. The largest absolute Gasteiger partial charge is 0.355 e. The van der Waals surface area contributed by atoms with Gasteiger partial charge in [-0.25, -0.2) is 14.4 Å². The second-order valence-corrected chi connectivity index (χ2v) is 6.47. The van der Waals surface area contributed by atoms with Crippen molar-refractivity contribution < 1.29 is 4.39 Å². The van der Waals surface area contributed by atoms with Gasteiger partial charge >= 0.3 is 0 Å². The zero-order valence-electron chi connectivity index (χ0n) is 13.9. The van der Waals surface area contributed by atoms with Crippen LogP contribution < -0.4 is 4.90 Å². The lowest BCUT2D eigenvalue weighted by Gasteiger charge is -2.32. The molecule has 2 aromatic heterocycles. The molecular weight excluding hydrogens is 305 g/mol. The average Bonchev–Trinajstić information content (AvgIpc) is 3.00. The van der Waals surface area contributed by atoms with Gasteiger partial charge in [0.15, 0.2) is 0 Å². The van der Waals surface area contributed by atoms with Crippen LogP contribution in [0.15, 0.2) is 24.4 Å². The van der Waals surface area contributed by atoms with Crippen LogP contribution in [0.5, 0.6) is 0 Å². The molecule has 0 bridgehead atoms. The van der Waals surface area contributed by atoms with E-state index in [9.17, 15) is 4.39 Å². The number of anilines is 1. The van der Waals surface area contributed by atoms with Crippen molar-refractivity contribution in [1.82, 2.24) is 19.9 Å². The van der Waals surface area contributed by atoms with Gasteiger partial charge in [-0.1, -0.05) is 0 Å². The number of fused-ring (bicyclic) bond motifs is 1. The highest BCUT2D eigenvalue weighted by molar-refractivity contribution is 5.75. The lowest BCUT2D eigenvalue weighted by molar-refractivity contribution is 0.486. The number of imidazole rings is 1. The third-order valence-corrected chi connectivity index (χ3v) is 4.69. The summed E-state index contributed by atoms with van der Waals surface area (Å²) >= 11 is 0. The minimum atomic E-state index is -0.235. The van der Waals surface area contributed by atoms with Crippen LogP contribution in [0.25, 0.3) is 11.0 Å². The third kappa shape index (κ3) is 2.72. The fourth-order valence-electron chi connectivity index (χ4n) is 3.38. The molecule has 3 heterocycles. The number of aromatic nitrogens is 4. The normalized spacial score (nSPS) is 16.0. The van der Waals surface area contributed by atoms with Gasteiger partial charge in [0.05, 0.1) is 22.4 Å². The summed E-state index contributed by atoms with van der Waals surface area (Å²) in [6.07, 6.45) is 3.80. The molecule has 5 nitrogen and oxygen atoms in total. The zero-order valence-corrected chi connectivity index (χ0v) is 13.9. The number of aromatic amines is 1. The standard InChI is InChI=1S/C18H20FN5/c1-11-10-20-12(2)18(21-11)24-7-5-13(6-8-24)17-22-15-4-3-14(19)9-16(15)23-17/h3-4,9-10,13H,5-8H2,1-2H3,(H,22,23). The van der Waals surface area contributed by atoms with Gasteiger partial charge in [-0.05, 0) is 44.9 Å². The Kier molecular flexibility index (Phi) is 3.67. The van der Waals surface area contributed by atoms with Crippen molar-refractivity contribution >= 4 is 16.9 Å². The van der Waals surface area contributed by atoms with Gasteiger partial charge in [0.1, 0.15) is 17.5 Å². The van der Waals surface area contributed by atoms with E-state index in [0.29, 0.717) is 5.92 Å². The van der Waals surface area contributed by atoms with Gasteiger partial charge < -0.3 is 9.88 Å². The van der Waals surface area contributed by atoms with Gasteiger partial charge in [0.25, 0.3) is 0 Å². The summed E-state index contributed by atoms with van der Waals surface area (Å²) in [6.45, 7) is 5.82. The van der Waals surface area contributed by atoms with E-state index in [4.69, 9.17) is 0 Å². The maximum absolute atomic E-state index is 13.3. The fraction of sp³-hybridized carbons (Fsp3) is 0.389. The van der Waals surface area contributed by atoms with Crippen LogP contribution in [0.3, 0.4) is 0 Å². The number of hydrogen-bond acceptors (Lipinski definition) is 4. The van der Waals surface area contributed by atoms with E-state index in [0.717, 1.165) is 60.0 Å². The first-order valence-corrected chi connectivity index (χ1v) is 8.30. The van der Waals surface area contributed by atoms with Crippen LogP contribution in [-0.2, 0) is 0 Å². The summed E-state index contributed by atoms with van der Waals surface area (Å²) in [5, 5.41) is 0. The molecule has 0 aliphatic carbocycles. The minimum absolute atomic E-state index is 0.235. The van der Waals surface area contributed by atoms with Crippen molar-refractivity contribution in [2.75, 3.05) is 18.0 Å². The summed E-state index contributed by atoms with van der Waals surface area (Å²) < 4.78 is 13.3. The number of aryl methyl sites for hydroxylation is 2. The lowest BCUT2D eigenvalue weighted by atomic mass is 9.96. The van der Waals surface area contributed by atoms with Crippen molar-refractivity contribution in [3.05, 3.63) is 47.4 Å². The van der Waals surface area contributed by atoms with Gasteiger partial charge in [0, 0.05) is 25.2 Å². The highest BCUT2D eigenvalue weighted by atomic mass is 19.1. The molecule has 1 fully saturated rings. The lowest BCUT2D eigenvalue weighted by Crippen LogP contribution is -2.34. The Morgan fingerprint density at radius 2 is 1.96 bits per heavy atom. The molecule has 4 rings (SSSR count). The SMILES string of the molecule is Cc1cnc(C)c(N2CCC(c3nc4ccc(F)cc4[nH]3)CC2)n1. The molecule has 0 spiro atoms. The first-order chi connectivity index (χ1) is 11.6. The number of rotatable bonds is 2. The predicted molar refractivity (Wildman–Crippen MR) is 91.7 cm³/mol. The first kappa shape index (κ1) is 15.1. The smallest absolute Gasteiger partial charge is 0.150 e. The second kappa shape index (κ2) is 5.85. The number of halogens is 1. The fourth-order valence-corrected chi connectivity index (χ4v) is 3.38. The Morgan fingerprint density at radius 3 is 2.75 bits per heavy atom. The highest BCUT2D eigenvalue weighted by Crippen LogP contribution is 2.30. The first-order valence-electron chi connectivity index (χ1n) is 8.30. The molecule has 6 heteroatoms. The topological polar surface area (TPSA) is 57.7 Å². The Hall–Kier alpha value is -2.50. The molecule has 0 amide bonds. The Labute approximate surface area is 140 Å². The molecule has 3 aromatic rings. The highest BCUT2D eigenvalue weighted by Gasteiger charge is 2.25. The molecule has 24 heavy (non-hydrogen) atoms. The number of piperidine rings is 1. The number of hydrogen-bond donors (Lipinski definition) is 1. The number of H-pyrrole nitrogens is 1. The Morgan fingerprint density at radius 1 is 1.17 bits per heavy atom. The maximum atomic E-state index is 13.3. The number of nitrogens with zero attached hydrogens (tertiary/aromatic N) is 4. The summed E-state index contributed by atoms with van der Waals surface area (Å²) in [5.41, 5.74) is 3.51. The van der Waals surface area contributed by atoms with Gasteiger partial charge in [0.2, 0.25) is 0 Å². The summed E-state index contributed by atoms with van der Waals surface area (Å²) in [7, 11) is 0. The molecule has 1 N–H and O–H groups in total. The molecular formula is C18H20FN5. The molecule has 0 radical (unpaired) electrons. The van der Waals surface area contributed by atoms with Gasteiger partial charge in [-0.3, -0.25) is 4.98 Å². The van der Waals surface area contributed by atoms with Crippen LogP contribution in [0.4, 0.5) is 10.2 Å². The van der Waals surface area contributed by atoms with E-state index < -0.39 is 0 Å². The zero-order chi connectivity index (χ0) is 16.7. The monoisotopic (exact) mass is 325 g/mol. The quantitative estimate of drug-likeness (QED) is 0.783. The second-order valence-electron chi connectivity index (χ2n) is 6.47. The van der Waals surface area contributed by atoms with Gasteiger partial charge in [-0.2, -0.15) is 0 Å². The van der Waals surface area contributed by atoms with E-state index in [2.05, 4.69) is 24.8 Å². The van der Waals surface area contributed by atoms with Crippen molar-refractivity contribution in [3.63, 3.8) is 0 Å². The Bertz CT molecular complexity index is 880. The molecule has 0 saturated carbocycles. The minimum Gasteiger partial charge on any atom is -0.355 e. The number of nitrogens with one attached hydrogen (secondary N) is 1. The molecule has 0 unspecified atom stereocenters. The van der Waals surface area contributed by atoms with E-state index in [1.54, 1.807) is 12.3 Å². The van der Waals surface area contributed by atoms with Crippen LogP contribution in [0.2, 0.25) is 0 Å². The summed E-state index contributed by atoms with van der Waals surface area (Å²) in [5.74, 6) is 2.08. The molecule has 1 aromatic carbocycles. The van der Waals surface area contributed by atoms with Crippen LogP contribution in [0.1, 0.15) is 36.0 Å². The van der Waals surface area contributed by atoms with Crippen molar-refractivity contribution in [2.45, 2.75) is 32.6 Å².